The SMILES string of the molecule is N#CN=c1c2cc(-c3cc(F)cc(C(F)(F)F)c3)ccc2c2cc3c(=NC#N)c4cc(-c5cc(F)cc(C(F)(F)F)c5)ccc4c3cc12. The van der Waals surface area contributed by atoms with Crippen molar-refractivity contribution >= 4 is 43.1 Å². The first kappa shape index (κ1) is 30.5. The van der Waals surface area contributed by atoms with Crippen molar-refractivity contribution in [3.8, 4) is 34.6 Å². The van der Waals surface area contributed by atoms with Gasteiger partial charge in [-0.2, -0.15) is 46.9 Å². The molecular formula is C36H14F8N4. The van der Waals surface area contributed by atoms with Gasteiger partial charge in [-0.15, -0.1) is 0 Å². The second-order valence-electron chi connectivity index (χ2n) is 11.0. The van der Waals surface area contributed by atoms with Crippen molar-refractivity contribution < 1.29 is 35.1 Å². The first-order valence-corrected chi connectivity index (χ1v) is 13.9. The molecule has 0 saturated heterocycles. The smallest absolute Gasteiger partial charge is 0.207 e. The zero-order valence-electron chi connectivity index (χ0n) is 23.9. The lowest BCUT2D eigenvalue weighted by Gasteiger charge is -2.10. The molecule has 0 N–H and O–H groups in total. The van der Waals surface area contributed by atoms with Crippen LogP contribution in [0.2, 0.25) is 0 Å². The summed E-state index contributed by atoms with van der Waals surface area (Å²) in [5.41, 5.74) is -1.89. The van der Waals surface area contributed by atoms with Gasteiger partial charge >= 0.3 is 12.4 Å². The predicted octanol–water partition coefficient (Wildman–Crippen LogP) is 9.59. The Balaban J connectivity index is 1.49. The summed E-state index contributed by atoms with van der Waals surface area (Å²) in [6.07, 6.45) is -6.05. The zero-order chi connectivity index (χ0) is 34.1. The van der Waals surface area contributed by atoms with Crippen molar-refractivity contribution in [1.29, 1.82) is 10.5 Å². The van der Waals surface area contributed by atoms with Crippen molar-refractivity contribution in [2.24, 2.45) is 9.98 Å². The molecule has 0 aliphatic rings. The largest absolute Gasteiger partial charge is 0.416 e. The van der Waals surface area contributed by atoms with E-state index in [0.717, 1.165) is 24.3 Å². The molecule has 0 unspecified atom stereocenters. The third-order valence-electron chi connectivity index (χ3n) is 8.24. The maximum Gasteiger partial charge on any atom is 0.416 e. The van der Waals surface area contributed by atoms with Gasteiger partial charge < -0.3 is 0 Å². The Labute approximate surface area is 264 Å². The summed E-state index contributed by atoms with van der Waals surface area (Å²) in [6, 6.07) is 17.1. The van der Waals surface area contributed by atoms with Crippen LogP contribution < -0.4 is 10.7 Å². The highest BCUT2D eigenvalue weighted by atomic mass is 19.4. The summed E-state index contributed by atoms with van der Waals surface area (Å²) in [4.78, 5) is 8.00. The molecule has 7 aromatic rings. The number of hydrogen-bond donors (Lipinski definition) is 0. The molecule has 0 atom stereocenters. The Morgan fingerprint density at radius 1 is 0.417 bits per heavy atom. The molecule has 7 aromatic carbocycles. The molecule has 234 valence electrons. The molecular weight excluding hydrogens is 640 g/mol. The van der Waals surface area contributed by atoms with Gasteiger partial charge in [-0.25, -0.2) is 8.78 Å². The van der Waals surface area contributed by atoms with Crippen LogP contribution in [0.25, 0.3) is 65.3 Å². The Morgan fingerprint density at radius 2 is 0.792 bits per heavy atom. The van der Waals surface area contributed by atoms with E-state index in [4.69, 9.17) is 0 Å². The lowest BCUT2D eigenvalue weighted by molar-refractivity contribution is -0.138. The van der Waals surface area contributed by atoms with E-state index in [1.54, 1.807) is 36.7 Å². The van der Waals surface area contributed by atoms with Crippen molar-refractivity contribution in [3.63, 3.8) is 0 Å². The van der Waals surface area contributed by atoms with Crippen LogP contribution >= 0.6 is 0 Å². The van der Waals surface area contributed by atoms with Crippen LogP contribution in [0.4, 0.5) is 35.1 Å². The van der Waals surface area contributed by atoms with Crippen molar-refractivity contribution in [2.45, 2.75) is 12.4 Å². The molecule has 12 heteroatoms. The Hall–Kier alpha value is -6.14. The molecule has 0 spiro atoms. The van der Waals surface area contributed by atoms with E-state index in [9.17, 15) is 45.6 Å². The summed E-state index contributed by atoms with van der Waals surface area (Å²) >= 11 is 0. The van der Waals surface area contributed by atoms with Crippen LogP contribution in [-0.4, -0.2) is 0 Å². The van der Waals surface area contributed by atoms with Gasteiger partial charge in [0, 0.05) is 21.5 Å². The minimum atomic E-state index is -4.78. The first-order valence-electron chi connectivity index (χ1n) is 13.9. The van der Waals surface area contributed by atoms with Crippen LogP contribution in [0.3, 0.4) is 0 Å². The minimum Gasteiger partial charge on any atom is -0.207 e. The topological polar surface area (TPSA) is 72.3 Å². The average molecular weight is 655 g/mol. The number of hydrogen-bond acceptors (Lipinski definition) is 4. The molecule has 4 nitrogen and oxygen atoms in total. The number of benzene rings is 5. The summed E-state index contributed by atoms with van der Waals surface area (Å²) in [5, 5.41) is 23.6. The minimum absolute atomic E-state index is 0.0336. The molecule has 0 bridgehead atoms. The van der Waals surface area contributed by atoms with Crippen LogP contribution in [0.5, 0.6) is 0 Å². The number of halogens is 8. The number of nitriles is 2. The fourth-order valence-electron chi connectivity index (χ4n) is 6.22. The number of fused-ring (bicyclic) bond motifs is 6. The molecule has 0 aliphatic carbocycles. The third kappa shape index (κ3) is 4.99. The van der Waals surface area contributed by atoms with Gasteiger partial charge in [0.25, 0.3) is 0 Å². The van der Waals surface area contributed by atoms with Gasteiger partial charge in [0.05, 0.1) is 21.8 Å². The maximum atomic E-state index is 14.2. The molecule has 0 radical (unpaired) electrons. The zero-order valence-corrected chi connectivity index (χ0v) is 23.9. The number of alkyl halides is 6. The summed E-state index contributed by atoms with van der Waals surface area (Å²) in [7, 11) is 0. The predicted molar refractivity (Wildman–Crippen MR) is 162 cm³/mol. The fourth-order valence-corrected chi connectivity index (χ4v) is 6.22. The van der Waals surface area contributed by atoms with E-state index >= 15 is 0 Å². The van der Waals surface area contributed by atoms with Gasteiger partial charge in [0.1, 0.15) is 11.6 Å². The second kappa shape index (κ2) is 10.7. The highest BCUT2D eigenvalue weighted by Gasteiger charge is 2.32. The molecule has 0 saturated carbocycles. The van der Waals surface area contributed by atoms with Crippen LogP contribution in [0.15, 0.2) is 94.9 Å². The summed E-state index contributed by atoms with van der Waals surface area (Å²) in [6.45, 7) is 0. The average Bonchev–Trinajstić information content (AvgIpc) is 3.49. The summed E-state index contributed by atoms with van der Waals surface area (Å²) in [5.74, 6) is -2.15. The monoisotopic (exact) mass is 654 g/mol. The van der Waals surface area contributed by atoms with E-state index in [0.29, 0.717) is 55.2 Å². The van der Waals surface area contributed by atoms with Crippen LogP contribution in [0, 0.1) is 34.5 Å². The molecule has 48 heavy (non-hydrogen) atoms. The van der Waals surface area contributed by atoms with Gasteiger partial charge in [-0.3, -0.25) is 0 Å². The Kier molecular flexibility index (Phi) is 6.81. The molecule has 7 rings (SSSR count). The fraction of sp³-hybridized carbons (Fsp3) is 0.0556. The number of nitrogens with zero attached hydrogens (tertiary/aromatic N) is 4. The van der Waals surface area contributed by atoms with Gasteiger partial charge in [0.15, 0.2) is 0 Å². The highest BCUT2D eigenvalue weighted by molar-refractivity contribution is 6.21. The molecule has 0 aromatic heterocycles. The lowest BCUT2D eigenvalue weighted by atomic mass is 10.00. The van der Waals surface area contributed by atoms with Crippen molar-refractivity contribution in [2.75, 3.05) is 0 Å². The molecule has 0 fully saturated rings. The molecule has 0 heterocycles. The van der Waals surface area contributed by atoms with Crippen LogP contribution in [0.1, 0.15) is 11.1 Å². The number of rotatable bonds is 2. The van der Waals surface area contributed by atoms with Crippen LogP contribution in [-0.2, 0) is 12.4 Å². The molecule has 0 amide bonds. The van der Waals surface area contributed by atoms with E-state index < -0.39 is 35.1 Å². The maximum absolute atomic E-state index is 14.2. The Bertz CT molecular complexity index is 2510. The summed E-state index contributed by atoms with van der Waals surface area (Å²) < 4.78 is 109. The highest BCUT2D eigenvalue weighted by Crippen LogP contribution is 2.38. The van der Waals surface area contributed by atoms with Gasteiger partial charge in [0.2, 0.25) is 12.4 Å². The normalized spacial score (nSPS) is 13.2. The Morgan fingerprint density at radius 3 is 1.15 bits per heavy atom. The first-order chi connectivity index (χ1) is 22.8. The quantitative estimate of drug-likeness (QED) is 0.138. The van der Waals surface area contributed by atoms with E-state index in [2.05, 4.69) is 9.98 Å². The van der Waals surface area contributed by atoms with Crippen molar-refractivity contribution in [1.82, 2.24) is 0 Å². The van der Waals surface area contributed by atoms with Gasteiger partial charge in [-0.1, -0.05) is 24.3 Å². The van der Waals surface area contributed by atoms with E-state index in [1.807, 2.05) is 0 Å². The van der Waals surface area contributed by atoms with Gasteiger partial charge in [-0.05, 0) is 104 Å². The van der Waals surface area contributed by atoms with E-state index in [-0.39, 0.29) is 33.0 Å². The molecule has 0 aliphatic heterocycles. The lowest BCUT2D eigenvalue weighted by Crippen LogP contribution is -2.05. The second-order valence-corrected chi connectivity index (χ2v) is 11.0. The van der Waals surface area contributed by atoms with Crippen molar-refractivity contribution in [3.05, 3.63) is 118 Å². The van der Waals surface area contributed by atoms with E-state index in [1.165, 1.54) is 24.3 Å². The standard InChI is InChI=1S/C36H14F8N4/c37-23-7-19(5-21(11-23)35(39,40)41)17-1-3-25-27-13-32-28(14-31(27)33(47-15-45)29(25)9-17)26-4-2-18(10-30(26)34(32)48-16-46)20-6-22(36(42,43)44)12-24(38)8-20/h1-14H. The third-order valence-corrected chi connectivity index (χ3v) is 8.24.